The molecule has 0 fully saturated rings. The number of anilines is 1. The average molecular weight is 176 g/mol. The third-order valence-electron chi connectivity index (χ3n) is 1.98. The molecule has 0 bridgehead atoms. The lowest BCUT2D eigenvalue weighted by Crippen LogP contribution is -2.08. The zero-order chi connectivity index (χ0) is 9.42. The van der Waals surface area contributed by atoms with E-state index in [9.17, 15) is 0 Å². The van der Waals surface area contributed by atoms with Gasteiger partial charge in [0.15, 0.2) is 5.58 Å². The van der Waals surface area contributed by atoms with E-state index >= 15 is 0 Å². The molecule has 0 saturated heterocycles. The number of aromatic nitrogens is 1. The molecule has 1 aromatic heterocycles. The van der Waals surface area contributed by atoms with Gasteiger partial charge in [0.25, 0.3) is 6.01 Å². The molecule has 0 N–H and O–H groups in total. The number of rotatable bonds is 1. The van der Waals surface area contributed by atoms with Gasteiger partial charge in [0.2, 0.25) is 0 Å². The quantitative estimate of drug-likeness (QED) is 0.667. The Kier molecular flexibility index (Phi) is 1.72. The minimum Gasteiger partial charge on any atom is -0.423 e. The molecular formula is C10H12N2O. The topological polar surface area (TPSA) is 29.3 Å². The highest BCUT2D eigenvalue weighted by Crippen LogP contribution is 2.22. The molecule has 0 aliphatic carbocycles. The maximum Gasteiger partial charge on any atom is 0.297 e. The van der Waals surface area contributed by atoms with Crippen LogP contribution in [0.5, 0.6) is 0 Å². The van der Waals surface area contributed by atoms with E-state index in [2.05, 4.69) is 4.98 Å². The van der Waals surface area contributed by atoms with Gasteiger partial charge in [0.05, 0.1) is 0 Å². The van der Waals surface area contributed by atoms with Gasteiger partial charge >= 0.3 is 0 Å². The van der Waals surface area contributed by atoms with Crippen LogP contribution < -0.4 is 4.90 Å². The van der Waals surface area contributed by atoms with Crippen LogP contribution in [0.2, 0.25) is 0 Å². The van der Waals surface area contributed by atoms with Gasteiger partial charge in [-0.05, 0) is 18.6 Å². The van der Waals surface area contributed by atoms with Gasteiger partial charge in [-0.2, -0.15) is 4.98 Å². The van der Waals surface area contributed by atoms with E-state index in [0.29, 0.717) is 6.01 Å². The van der Waals surface area contributed by atoms with E-state index in [1.807, 2.05) is 44.1 Å². The molecule has 0 radical (unpaired) electrons. The highest BCUT2D eigenvalue weighted by Gasteiger charge is 2.07. The third-order valence-corrected chi connectivity index (χ3v) is 1.98. The van der Waals surface area contributed by atoms with Gasteiger partial charge in [-0.1, -0.05) is 12.1 Å². The van der Waals surface area contributed by atoms with E-state index in [4.69, 9.17) is 4.42 Å². The summed E-state index contributed by atoms with van der Waals surface area (Å²) in [7, 11) is 3.83. The summed E-state index contributed by atoms with van der Waals surface area (Å²) in [6, 6.07) is 6.62. The van der Waals surface area contributed by atoms with Crippen molar-refractivity contribution in [1.82, 2.24) is 4.98 Å². The predicted octanol–water partition coefficient (Wildman–Crippen LogP) is 2.20. The molecule has 68 valence electrons. The van der Waals surface area contributed by atoms with E-state index in [1.54, 1.807) is 0 Å². The van der Waals surface area contributed by atoms with Gasteiger partial charge in [-0.3, -0.25) is 0 Å². The van der Waals surface area contributed by atoms with Gasteiger partial charge in [-0.15, -0.1) is 0 Å². The Labute approximate surface area is 77.0 Å². The standard InChI is InChI=1S/C10H12N2O/c1-7-5-4-6-8-9(7)13-10(11-8)12(2)3/h4-6H,1-3H3. The van der Waals surface area contributed by atoms with Gasteiger partial charge in [-0.25, -0.2) is 0 Å². The average Bonchev–Trinajstić information content (AvgIpc) is 2.49. The lowest BCUT2D eigenvalue weighted by molar-refractivity contribution is 0.594. The fourth-order valence-corrected chi connectivity index (χ4v) is 1.27. The van der Waals surface area contributed by atoms with Crippen molar-refractivity contribution < 1.29 is 4.42 Å². The van der Waals surface area contributed by atoms with Crippen LogP contribution in [-0.4, -0.2) is 19.1 Å². The number of para-hydroxylation sites is 1. The Morgan fingerprint density at radius 3 is 2.69 bits per heavy atom. The molecule has 13 heavy (non-hydrogen) atoms. The first kappa shape index (κ1) is 8.10. The Morgan fingerprint density at radius 1 is 1.31 bits per heavy atom. The largest absolute Gasteiger partial charge is 0.423 e. The lowest BCUT2D eigenvalue weighted by atomic mass is 10.2. The third kappa shape index (κ3) is 1.26. The summed E-state index contributed by atoms with van der Waals surface area (Å²) >= 11 is 0. The molecule has 2 aromatic rings. The van der Waals surface area contributed by atoms with Crippen LogP contribution in [0.15, 0.2) is 22.6 Å². The highest BCUT2D eigenvalue weighted by atomic mass is 16.4. The minimum absolute atomic E-state index is 0.657. The molecule has 0 aliphatic rings. The lowest BCUT2D eigenvalue weighted by Gasteiger charge is -2.03. The van der Waals surface area contributed by atoms with Crippen molar-refractivity contribution in [2.75, 3.05) is 19.0 Å². The number of nitrogens with zero attached hydrogens (tertiary/aromatic N) is 2. The van der Waals surface area contributed by atoms with Crippen molar-refractivity contribution >= 4 is 17.1 Å². The normalized spacial score (nSPS) is 10.7. The van der Waals surface area contributed by atoms with Crippen molar-refractivity contribution in [3.8, 4) is 0 Å². The van der Waals surface area contributed by atoms with Crippen LogP contribution >= 0.6 is 0 Å². The maximum absolute atomic E-state index is 5.58. The monoisotopic (exact) mass is 176 g/mol. The van der Waals surface area contributed by atoms with E-state index in [-0.39, 0.29) is 0 Å². The van der Waals surface area contributed by atoms with Gasteiger partial charge < -0.3 is 9.32 Å². The smallest absolute Gasteiger partial charge is 0.297 e. The second-order valence-corrected chi connectivity index (χ2v) is 3.31. The SMILES string of the molecule is Cc1cccc2nc(N(C)C)oc12. The highest BCUT2D eigenvalue weighted by molar-refractivity contribution is 5.77. The van der Waals surface area contributed by atoms with Crippen LogP contribution in [0.25, 0.3) is 11.1 Å². The fraction of sp³-hybridized carbons (Fsp3) is 0.300. The molecule has 0 spiro atoms. The number of hydrogen-bond acceptors (Lipinski definition) is 3. The molecule has 1 heterocycles. The zero-order valence-corrected chi connectivity index (χ0v) is 8.03. The molecular weight excluding hydrogens is 164 g/mol. The Bertz CT molecular complexity index is 431. The fourth-order valence-electron chi connectivity index (χ4n) is 1.27. The van der Waals surface area contributed by atoms with Gasteiger partial charge in [0, 0.05) is 14.1 Å². The van der Waals surface area contributed by atoms with Crippen molar-refractivity contribution in [3.63, 3.8) is 0 Å². The first-order chi connectivity index (χ1) is 6.18. The molecule has 2 rings (SSSR count). The summed E-state index contributed by atoms with van der Waals surface area (Å²) in [5, 5.41) is 0. The summed E-state index contributed by atoms with van der Waals surface area (Å²) in [6.07, 6.45) is 0. The molecule has 0 aliphatic heterocycles. The molecule has 0 amide bonds. The molecule has 0 unspecified atom stereocenters. The second-order valence-electron chi connectivity index (χ2n) is 3.31. The molecule has 3 nitrogen and oxygen atoms in total. The maximum atomic E-state index is 5.58. The van der Waals surface area contributed by atoms with Crippen molar-refractivity contribution in [3.05, 3.63) is 23.8 Å². The van der Waals surface area contributed by atoms with Crippen LogP contribution in [0.3, 0.4) is 0 Å². The number of oxazole rings is 1. The molecule has 1 aromatic carbocycles. The summed E-state index contributed by atoms with van der Waals surface area (Å²) in [4.78, 5) is 6.19. The number of aryl methyl sites for hydroxylation is 1. The van der Waals surface area contributed by atoms with Crippen LogP contribution in [-0.2, 0) is 0 Å². The summed E-state index contributed by atoms with van der Waals surface area (Å²) in [5.74, 6) is 0. The zero-order valence-electron chi connectivity index (χ0n) is 8.03. The Morgan fingerprint density at radius 2 is 2.08 bits per heavy atom. The number of fused-ring (bicyclic) bond motifs is 1. The number of benzene rings is 1. The number of hydrogen-bond donors (Lipinski definition) is 0. The minimum atomic E-state index is 0.657. The Hall–Kier alpha value is -1.51. The Balaban J connectivity index is 2.68. The molecule has 3 heteroatoms. The first-order valence-electron chi connectivity index (χ1n) is 4.22. The first-order valence-corrected chi connectivity index (χ1v) is 4.22. The molecule has 0 saturated carbocycles. The van der Waals surface area contributed by atoms with Crippen LogP contribution in [0, 0.1) is 6.92 Å². The summed E-state index contributed by atoms with van der Waals surface area (Å²) in [5.41, 5.74) is 2.92. The van der Waals surface area contributed by atoms with Crippen molar-refractivity contribution in [2.45, 2.75) is 6.92 Å². The van der Waals surface area contributed by atoms with Crippen LogP contribution in [0.1, 0.15) is 5.56 Å². The van der Waals surface area contributed by atoms with Crippen molar-refractivity contribution in [2.24, 2.45) is 0 Å². The second kappa shape index (κ2) is 2.76. The summed E-state index contributed by atoms with van der Waals surface area (Å²) in [6.45, 7) is 2.02. The van der Waals surface area contributed by atoms with E-state index in [1.165, 1.54) is 0 Å². The van der Waals surface area contributed by atoms with Crippen molar-refractivity contribution in [1.29, 1.82) is 0 Å². The summed E-state index contributed by atoms with van der Waals surface area (Å²) < 4.78 is 5.58. The predicted molar refractivity (Wildman–Crippen MR) is 53.1 cm³/mol. The van der Waals surface area contributed by atoms with E-state index < -0.39 is 0 Å². The van der Waals surface area contributed by atoms with Crippen LogP contribution in [0.4, 0.5) is 6.01 Å². The van der Waals surface area contributed by atoms with E-state index in [0.717, 1.165) is 16.7 Å². The molecule has 0 atom stereocenters. The van der Waals surface area contributed by atoms with Gasteiger partial charge in [0.1, 0.15) is 5.52 Å².